The minimum atomic E-state index is -0.938. The van der Waals surface area contributed by atoms with E-state index in [9.17, 15) is 14.4 Å². The second kappa shape index (κ2) is 6.43. The minimum absolute atomic E-state index is 0.0671. The van der Waals surface area contributed by atoms with E-state index in [0.29, 0.717) is 13.0 Å². The van der Waals surface area contributed by atoms with Crippen LogP contribution in [0, 0.1) is 5.92 Å². The Morgan fingerprint density at radius 3 is 2.55 bits per heavy atom. The first-order chi connectivity index (χ1) is 9.58. The summed E-state index contributed by atoms with van der Waals surface area (Å²) in [4.78, 5) is 34.9. The molecule has 1 fully saturated rings. The minimum Gasteiger partial charge on any atom is -0.481 e. The van der Waals surface area contributed by atoms with Gasteiger partial charge in [-0.25, -0.2) is 0 Å². The van der Waals surface area contributed by atoms with Crippen LogP contribution in [0.15, 0.2) is 30.3 Å². The summed E-state index contributed by atoms with van der Waals surface area (Å²) in [6.45, 7) is 0.576. The fourth-order valence-electron chi connectivity index (χ4n) is 2.55. The maximum absolute atomic E-state index is 12.1. The highest BCUT2D eigenvalue weighted by Gasteiger charge is 2.36. The summed E-state index contributed by atoms with van der Waals surface area (Å²) < 4.78 is 0. The van der Waals surface area contributed by atoms with Crippen molar-refractivity contribution in [2.45, 2.75) is 25.3 Å². The Hall–Kier alpha value is -2.01. The maximum Gasteiger partial charge on any atom is 0.303 e. The fraction of sp³-hybridized carbons (Fsp3) is 0.400. The van der Waals surface area contributed by atoms with Crippen molar-refractivity contribution in [3.05, 3.63) is 35.9 Å². The third kappa shape index (κ3) is 3.51. The summed E-state index contributed by atoms with van der Waals surface area (Å²) >= 11 is 0. The van der Waals surface area contributed by atoms with Crippen molar-refractivity contribution in [1.82, 2.24) is 5.32 Å². The lowest BCUT2D eigenvalue weighted by atomic mass is 9.91. The van der Waals surface area contributed by atoms with Crippen LogP contribution < -0.4 is 5.32 Å². The molecule has 5 nitrogen and oxygen atoms in total. The average Bonchev–Trinajstić information content (AvgIpc) is 2.86. The highest BCUT2D eigenvalue weighted by Crippen LogP contribution is 2.21. The molecule has 0 saturated carbocycles. The molecule has 1 aliphatic rings. The fourth-order valence-corrected chi connectivity index (χ4v) is 2.55. The van der Waals surface area contributed by atoms with Gasteiger partial charge in [0.15, 0.2) is 0 Å². The van der Waals surface area contributed by atoms with Crippen LogP contribution in [0.3, 0.4) is 0 Å². The Balaban J connectivity index is 1.99. The van der Waals surface area contributed by atoms with Gasteiger partial charge in [0.25, 0.3) is 0 Å². The monoisotopic (exact) mass is 275 g/mol. The van der Waals surface area contributed by atoms with E-state index in [1.807, 2.05) is 18.2 Å². The topological polar surface area (TPSA) is 83.5 Å². The zero-order valence-corrected chi connectivity index (χ0v) is 11.0. The zero-order valence-electron chi connectivity index (χ0n) is 11.0. The van der Waals surface area contributed by atoms with Gasteiger partial charge in [0, 0.05) is 6.42 Å². The van der Waals surface area contributed by atoms with Crippen molar-refractivity contribution in [1.29, 1.82) is 0 Å². The van der Waals surface area contributed by atoms with Crippen LogP contribution in [0.4, 0.5) is 0 Å². The van der Waals surface area contributed by atoms with Crippen LogP contribution in [0.2, 0.25) is 0 Å². The van der Waals surface area contributed by atoms with Gasteiger partial charge in [-0.05, 0) is 24.4 Å². The molecule has 1 aliphatic heterocycles. The number of hydrogen-bond acceptors (Lipinski definition) is 4. The molecule has 0 amide bonds. The second-order valence-corrected chi connectivity index (χ2v) is 5.03. The summed E-state index contributed by atoms with van der Waals surface area (Å²) in [5, 5.41) is 11.8. The summed E-state index contributed by atoms with van der Waals surface area (Å²) in [5.41, 5.74) is 0.790. The van der Waals surface area contributed by atoms with Crippen LogP contribution in [-0.4, -0.2) is 35.2 Å². The van der Waals surface area contributed by atoms with Gasteiger partial charge in [-0.2, -0.15) is 0 Å². The van der Waals surface area contributed by atoms with Gasteiger partial charge < -0.3 is 10.4 Å². The van der Waals surface area contributed by atoms with Crippen molar-refractivity contribution in [2.24, 2.45) is 5.92 Å². The lowest BCUT2D eigenvalue weighted by molar-refractivity contribution is -0.140. The van der Waals surface area contributed by atoms with Crippen molar-refractivity contribution in [2.75, 3.05) is 6.54 Å². The molecule has 106 valence electrons. The van der Waals surface area contributed by atoms with Gasteiger partial charge in [-0.15, -0.1) is 0 Å². The van der Waals surface area contributed by atoms with Gasteiger partial charge in [0.2, 0.25) is 11.6 Å². The van der Waals surface area contributed by atoms with Crippen molar-refractivity contribution in [3.63, 3.8) is 0 Å². The Morgan fingerprint density at radius 2 is 1.90 bits per heavy atom. The molecule has 0 aromatic heterocycles. The molecular weight excluding hydrogens is 258 g/mol. The predicted octanol–water partition coefficient (Wildman–Crippen LogP) is 0.820. The highest BCUT2D eigenvalue weighted by atomic mass is 16.4. The first-order valence-corrected chi connectivity index (χ1v) is 6.64. The molecule has 5 heteroatoms. The molecule has 0 aliphatic carbocycles. The van der Waals surface area contributed by atoms with Crippen molar-refractivity contribution >= 4 is 17.5 Å². The number of carboxylic acids is 1. The number of carbonyl (C=O) groups is 3. The molecule has 1 unspecified atom stereocenters. The number of ketones is 2. The number of carboxylic acid groups (broad SMARTS) is 1. The lowest BCUT2D eigenvalue weighted by Gasteiger charge is -2.15. The average molecular weight is 275 g/mol. The zero-order chi connectivity index (χ0) is 14.5. The molecule has 0 bridgehead atoms. The Kier molecular flexibility index (Phi) is 4.63. The van der Waals surface area contributed by atoms with Gasteiger partial charge in [0.1, 0.15) is 0 Å². The van der Waals surface area contributed by atoms with Crippen LogP contribution in [-0.2, 0) is 20.8 Å². The van der Waals surface area contributed by atoms with Gasteiger partial charge >= 0.3 is 5.97 Å². The SMILES string of the molecule is O=C(O)C[C@@H]1CCNC1C(=O)C(=O)Cc1ccccc1. The van der Waals surface area contributed by atoms with Gasteiger partial charge in [-0.1, -0.05) is 30.3 Å². The Bertz CT molecular complexity index is 512. The van der Waals surface area contributed by atoms with E-state index in [0.717, 1.165) is 5.56 Å². The van der Waals surface area contributed by atoms with Crippen LogP contribution in [0.25, 0.3) is 0 Å². The molecule has 2 N–H and O–H groups in total. The van der Waals surface area contributed by atoms with Crippen LogP contribution >= 0.6 is 0 Å². The number of hydrogen-bond donors (Lipinski definition) is 2. The van der Waals surface area contributed by atoms with Crippen molar-refractivity contribution < 1.29 is 19.5 Å². The highest BCUT2D eigenvalue weighted by molar-refractivity contribution is 6.39. The third-order valence-corrected chi connectivity index (χ3v) is 3.55. The molecule has 2 rings (SSSR count). The van der Waals surface area contributed by atoms with Gasteiger partial charge in [0.05, 0.1) is 12.5 Å². The molecular formula is C15H17NO4. The Labute approximate surface area is 117 Å². The van der Waals surface area contributed by atoms with Crippen molar-refractivity contribution in [3.8, 4) is 0 Å². The molecule has 2 atom stereocenters. The molecule has 1 saturated heterocycles. The van der Waals surface area contributed by atoms with E-state index in [1.165, 1.54) is 0 Å². The van der Waals surface area contributed by atoms with E-state index in [2.05, 4.69) is 5.32 Å². The first kappa shape index (κ1) is 14.4. The number of benzene rings is 1. The van der Waals surface area contributed by atoms with Gasteiger partial charge in [-0.3, -0.25) is 14.4 Å². The molecule has 1 aromatic rings. The van der Waals surface area contributed by atoms with Crippen LogP contribution in [0.1, 0.15) is 18.4 Å². The predicted molar refractivity (Wildman–Crippen MR) is 72.3 cm³/mol. The second-order valence-electron chi connectivity index (χ2n) is 5.03. The number of nitrogens with one attached hydrogen (secondary N) is 1. The molecule has 0 radical (unpaired) electrons. The smallest absolute Gasteiger partial charge is 0.303 e. The summed E-state index contributed by atoms with van der Waals surface area (Å²) in [6.07, 6.45) is 0.598. The quantitative estimate of drug-likeness (QED) is 0.751. The standard InChI is InChI=1S/C15H17NO4/c17-12(8-10-4-2-1-3-5-10)15(20)14-11(6-7-16-14)9-13(18)19/h1-5,11,14,16H,6-9H2,(H,18,19)/t11-,14?/m0/s1. The summed E-state index contributed by atoms with van der Waals surface area (Å²) in [7, 11) is 0. The van der Waals surface area contributed by atoms with E-state index in [4.69, 9.17) is 5.11 Å². The number of rotatable bonds is 6. The maximum atomic E-state index is 12.1. The summed E-state index contributed by atoms with van der Waals surface area (Å²) in [5.74, 6) is -2.20. The normalized spacial score (nSPS) is 21.6. The summed E-state index contributed by atoms with van der Waals surface area (Å²) in [6, 6.07) is 8.41. The van der Waals surface area contributed by atoms with E-state index in [-0.39, 0.29) is 18.8 Å². The van der Waals surface area contributed by atoms with E-state index < -0.39 is 23.6 Å². The molecule has 20 heavy (non-hydrogen) atoms. The third-order valence-electron chi connectivity index (χ3n) is 3.55. The molecule has 1 heterocycles. The molecule has 0 spiro atoms. The molecule has 1 aromatic carbocycles. The number of Topliss-reactive ketones (excluding diaryl/α,β-unsaturated/α-hetero) is 2. The lowest BCUT2D eigenvalue weighted by Crippen LogP contribution is -2.41. The number of aliphatic carboxylic acids is 1. The first-order valence-electron chi connectivity index (χ1n) is 6.64. The van der Waals surface area contributed by atoms with E-state index >= 15 is 0 Å². The largest absolute Gasteiger partial charge is 0.481 e. The van der Waals surface area contributed by atoms with E-state index in [1.54, 1.807) is 12.1 Å². The Morgan fingerprint density at radius 1 is 1.20 bits per heavy atom. The number of carbonyl (C=O) groups excluding carboxylic acids is 2. The van der Waals surface area contributed by atoms with Crippen LogP contribution in [0.5, 0.6) is 0 Å².